The largest absolute Gasteiger partial charge is 0.352 e. The number of nitrogens with one attached hydrogen (secondary N) is 4. The Labute approximate surface area is 136 Å². The zero-order chi connectivity index (χ0) is 16.2. The van der Waals surface area contributed by atoms with Crippen LogP contribution in [0, 0.1) is 13.8 Å². The van der Waals surface area contributed by atoms with Gasteiger partial charge < -0.3 is 10.6 Å². The lowest BCUT2D eigenvalue weighted by Gasteiger charge is -2.32. The number of rotatable bonds is 4. The van der Waals surface area contributed by atoms with E-state index in [1.54, 1.807) is 0 Å². The van der Waals surface area contributed by atoms with E-state index in [-0.39, 0.29) is 18.2 Å². The number of anilines is 1. The maximum absolute atomic E-state index is 12.3. The van der Waals surface area contributed by atoms with Crippen LogP contribution in [-0.4, -0.2) is 18.2 Å². The van der Waals surface area contributed by atoms with Gasteiger partial charge in [0.15, 0.2) is 6.29 Å². The summed E-state index contributed by atoms with van der Waals surface area (Å²) in [4.78, 5) is 12.3. The maximum Gasteiger partial charge on any atom is 0.241 e. The Morgan fingerprint density at radius 3 is 2.13 bits per heavy atom. The standard InChI is InChI=1S/C18H22N4O/c1-12-3-7-14(8-4-12)11-16-17(23)20-18(22-21-16)19-15-9-5-13(2)6-10-15/h3-10,16,18-19,21-22H,11H2,1-2H3,(H,20,23). The lowest BCUT2D eigenvalue weighted by molar-refractivity contribution is -0.126. The molecule has 2 unspecified atom stereocenters. The van der Waals surface area contributed by atoms with Gasteiger partial charge in [-0.3, -0.25) is 4.79 Å². The predicted octanol–water partition coefficient (Wildman–Crippen LogP) is 1.83. The molecule has 0 radical (unpaired) electrons. The smallest absolute Gasteiger partial charge is 0.241 e. The summed E-state index contributed by atoms with van der Waals surface area (Å²) in [6.07, 6.45) is 0.315. The molecule has 1 fully saturated rings. The Hall–Kier alpha value is -2.37. The number of carbonyl (C=O) groups excluding carboxylic acids is 1. The van der Waals surface area contributed by atoms with E-state index in [0.29, 0.717) is 6.42 Å². The molecule has 5 heteroatoms. The summed E-state index contributed by atoms with van der Waals surface area (Å²) < 4.78 is 0. The highest BCUT2D eigenvalue weighted by atomic mass is 16.2. The monoisotopic (exact) mass is 310 g/mol. The summed E-state index contributed by atoms with van der Waals surface area (Å²) in [7, 11) is 0. The van der Waals surface area contributed by atoms with Crippen LogP contribution in [-0.2, 0) is 11.2 Å². The second-order valence-electron chi connectivity index (χ2n) is 5.98. The van der Waals surface area contributed by atoms with Crippen molar-refractivity contribution in [1.29, 1.82) is 0 Å². The summed E-state index contributed by atoms with van der Waals surface area (Å²) in [5, 5.41) is 6.16. The van der Waals surface area contributed by atoms with E-state index < -0.39 is 0 Å². The zero-order valence-electron chi connectivity index (χ0n) is 13.4. The third-order valence-electron chi connectivity index (χ3n) is 3.93. The number of amides is 1. The van der Waals surface area contributed by atoms with Gasteiger partial charge in [0, 0.05) is 5.69 Å². The topological polar surface area (TPSA) is 65.2 Å². The van der Waals surface area contributed by atoms with Crippen molar-refractivity contribution in [2.75, 3.05) is 5.32 Å². The van der Waals surface area contributed by atoms with E-state index >= 15 is 0 Å². The second kappa shape index (κ2) is 6.81. The van der Waals surface area contributed by atoms with Crippen molar-refractivity contribution in [3.63, 3.8) is 0 Å². The van der Waals surface area contributed by atoms with Crippen LogP contribution in [0.5, 0.6) is 0 Å². The molecule has 0 aliphatic carbocycles. The van der Waals surface area contributed by atoms with Crippen LogP contribution >= 0.6 is 0 Å². The molecule has 2 aromatic rings. The Kier molecular flexibility index (Phi) is 4.60. The highest BCUT2D eigenvalue weighted by Crippen LogP contribution is 2.11. The van der Waals surface area contributed by atoms with Gasteiger partial charge in [0.1, 0.15) is 6.04 Å². The molecule has 3 rings (SSSR count). The minimum atomic E-state index is -0.334. The van der Waals surface area contributed by atoms with Gasteiger partial charge in [0.2, 0.25) is 5.91 Å². The zero-order valence-corrected chi connectivity index (χ0v) is 13.4. The van der Waals surface area contributed by atoms with Crippen molar-refractivity contribution in [1.82, 2.24) is 16.2 Å². The number of hydrazine groups is 1. The van der Waals surface area contributed by atoms with Crippen LogP contribution in [0.25, 0.3) is 0 Å². The molecule has 4 N–H and O–H groups in total. The van der Waals surface area contributed by atoms with Crippen LogP contribution in [0.2, 0.25) is 0 Å². The van der Waals surface area contributed by atoms with Gasteiger partial charge >= 0.3 is 0 Å². The van der Waals surface area contributed by atoms with Crippen LogP contribution in [0.4, 0.5) is 5.69 Å². The fraction of sp³-hybridized carbons (Fsp3) is 0.278. The molecule has 0 bridgehead atoms. The average molecular weight is 310 g/mol. The fourth-order valence-electron chi connectivity index (χ4n) is 2.52. The molecule has 1 heterocycles. The van der Waals surface area contributed by atoms with E-state index in [2.05, 4.69) is 52.7 Å². The predicted molar refractivity (Wildman–Crippen MR) is 91.7 cm³/mol. The molecule has 2 atom stereocenters. The van der Waals surface area contributed by atoms with E-state index in [1.807, 2.05) is 31.2 Å². The average Bonchev–Trinajstić information content (AvgIpc) is 2.54. The molecule has 120 valence electrons. The SMILES string of the molecule is Cc1ccc(CC2NNC(Nc3ccc(C)cc3)NC2=O)cc1. The summed E-state index contributed by atoms with van der Waals surface area (Å²) in [5.74, 6) is -0.0195. The lowest BCUT2D eigenvalue weighted by atomic mass is 10.0. The van der Waals surface area contributed by atoms with Gasteiger partial charge in [-0.2, -0.15) is 0 Å². The fourth-order valence-corrected chi connectivity index (χ4v) is 2.52. The van der Waals surface area contributed by atoms with E-state index in [4.69, 9.17) is 0 Å². The number of benzene rings is 2. The first-order chi connectivity index (χ1) is 11.1. The van der Waals surface area contributed by atoms with Gasteiger partial charge in [-0.1, -0.05) is 47.5 Å². The minimum Gasteiger partial charge on any atom is -0.352 e. The third-order valence-corrected chi connectivity index (χ3v) is 3.93. The van der Waals surface area contributed by atoms with Crippen LogP contribution in [0.1, 0.15) is 16.7 Å². The summed E-state index contributed by atoms with van der Waals surface area (Å²) in [6.45, 7) is 4.10. The lowest BCUT2D eigenvalue weighted by Crippen LogP contribution is -2.68. The van der Waals surface area contributed by atoms with E-state index in [0.717, 1.165) is 11.3 Å². The van der Waals surface area contributed by atoms with Crippen LogP contribution in [0.15, 0.2) is 48.5 Å². The molecule has 0 saturated carbocycles. The first-order valence-electron chi connectivity index (χ1n) is 7.80. The minimum absolute atomic E-state index is 0.0195. The van der Waals surface area contributed by atoms with Crippen molar-refractivity contribution in [3.8, 4) is 0 Å². The molecular weight excluding hydrogens is 288 g/mol. The maximum atomic E-state index is 12.3. The van der Waals surface area contributed by atoms with E-state index in [1.165, 1.54) is 11.1 Å². The van der Waals surface area contributed by atoms with Crippen molar-refractivity contribution in [2.45, 2.75) is 32.6 Å². The Morgan fingerprint density at radius 2 is 1.52 bits per heavy atom. The van der Waals surface area contributed by atoms with Crippen LogP contribution in [0.3, 0.4) is 0 Å². The van der Waals surface area contributed by atoms with Crippen molar-refractivity contribution < 1.29 is 4.79 Å². The third kappa shape index (κ3) is 4.09. The molecule has 1 aliphatic rings. The van der Waals surface area contributed by atoms with Gasteiger partial charge in [0.25, 0.3) is 0 Å². The number of aryl methyl sites for hydroxylation is 2. The molecule has 0 aromatic heterocycles. The Morgan fingerprint density at radius 1 is 0.913 bits per heavy atom. The second-order valence-corrected chi connectivity index (χ2v) is 5.98. The molecule has 2 aromatic carbocycles. The first-order valence-corrected chi connectivity index (χ1v) is 7.80. The Bertz CT molecular complexity index is 666. The molecule has 1 saturated heterocycles. The van der Waals surface area contributed by atoms with E-state index in [9.17, 15) is 4.79 Å². The summed E-state index contributed by atoms with van der Waals surface area (Å²) in [6, 6.07) is 16.0. The molecule has 5 nitrogen and oxygen atoms in total. The van der Waals surface area contributed by atoms with Gasteiger partial charge in [-0.25, -0.2) is 10.9 Å². The highest BCUT2D eigenvalue weighted by Gasteiger charge is 2.26. The van der Waals surface area contributed by atoms with Gasteiger partial charge in [-0.05, 0) is 38.0 Å². The first kappa shape index (κ1) is 15.5. The van der Waals surface area contributed by atoms with Crippen LogP contribution < -0.4 is 21.5 Å². The molecular formula is C18H22N4O. The summed E-state index contributed by atoms with van der Waals surface area (Å²) in [5.41, 5.74) is 10.7. The van der Waals surface area contributed by atoms with Crippen molar-refractivity contribution >= 4 is 11.6 Å². The number of hydrogen-bond donors (Lipinski definition) is 4. The number of carbonyl (C=O) groups is 1. The van der Waals surface area contributed by atoms with Crippen molar-refractivity contribution in [2.24, 2.45) is 0 Å². The van der Waals surface area contributed by atoms with Gasteiger partial charge in [0.05, 0.1) is 0 Å². The normalized spacial score (nSPS) is 20.9. The molecule has 23 heavy (non-hydrogen) atoms. The quantitative estimate of drug-likeness (QED) is 0.696. The Balaban J connectivity index is 1.55. The molecule has 0 spiro atoms. The summed E-state index contributed by atoms with van der Waals surface area (Å²) >= 11 is 0. The van der Waals surface area contributed by atoms with Crippen molar-refractivity contribution in [3.05, 3.63) is 65.2 Å². The molecule has 1 amide bonds. The highest BCUT2D eigenvalue weighted by molar-refractivity contribution is 5.83. The number of hydrogen-bond acceptors (Lipinski definition) is 4. The molecule has 1 aliphatic heterocycles. The van der Waals surface area contributed by atoms with Gasteiger partial charge in [-0.15, -0.1) is 0 Å².